The van der Waals surface area contributed by atoms with E-state index in [0.717, 1.165) is 43.0 Å². The van der Waals surface area contributed by atoms with Crippen LogP contribution in [-0.4, -0.2) is 36.6 Å². The summed E-state index contributed by atoms with van der Waals surface area (Å²) in [4.78, 5) is 6.65. The molecule has 0 amide bonds. The summed E-state index contributed by atoms with van der Waals surface area (Å²) in [5.41, 5.74) is 2.49. The lowest BCUT2D eigenvalue weighted by Crippen LogP contribution is -2.27. The van der Waals surface area contributed by atoms with Gasteiger partial charge in [0.2, 0.25) is 0 Å². The highest BCUT2D eigenvalue weighted by molar-refractivity contribution is 5.78. The summed E-state index contributed by atoms with van der Waals surface area (Å²) in [7, 11) is 3.99. The summed E-state index contributed by atoms with van der Waals surface area (Å²) in [6.45, 7) is 2.05. The maximum Gasteiger partial charge on any atom is 0.168 e. The van der Waals surface area contributed by atoms with E-state index in [-0.39, 0.29) is 0 Å². The smallest absolute Gasteiger partial charge is 0.168 e. The Morgan fingerprint density at radius 2 is 2.15 bits per heavy atom. The van der Waals surface area contributed by atoms with E-state index in [4.69, 9.17) is 0 Å². The lowest BCUT2D eigenvalue weighted by Gasteiger charge is -2.22. The fraction of sp³-hybridized carbons (Fsp3) is 0.467. The zero-order valence-electron chi connectivity index (χ0n) is 11.9. The van der Waals surface area contributed by atoms with Crippen molar-refractivity contribution in [2.45, 2.75) is 18.8 Å². The van der Waals surface area contributed by atoms with E-state index in [1.165, 1.54) is 0 Å². The predicted molar refractivity (Wildman–Crippen MR) is 79.1 cm³/mol. The summed E-state index contributed by atoms with van der Waals surface area (Å²) in [6.07, 6.45) is 4.18. The molecule has 0 unspecified atom stereocenters. The van der Waals surface area contributed by atoms with E-state index in [2.05, 4.69) is 20.8 Å². The molecule has 3 heterocycles. The van der Waals surface area contributed by atoms with Gasteiger partial charge in [-0.25, -0.2) is 4.98 Å². The van der Waals surface area contributed by atoms with Crippen LogP contribution < -0.4 is 10.2 Å². The van der Waals surface area contributed by atoms with Gasteiger partial charge in [-0.15, -0.1) is 0 Å². The monoisotopic (exact) mass is 269 g/mol. The Bertz CT molecular complexity index is 659. The molecule has 5 nitrogen and oxygen atoms in total. The number of hydrogen-bond donors (Lipinski definition) is 1. The normalized spacial score (nSPS) is 16.2. The van der Waals surface area contributed by atoms with Crippen LogP contribution in [0.15, 0.2) is 18.3 Å². The van der Waals surface area contributed by atoms with Crippen molar-refractivity contribution < 1.29 is 0 Å². The fourth-order valence-corrected chi connectivity index (χ4v) is 2.95. The van der Waals surface area contributed by atoms with Crippen LogP contribution in [0.5, 0.6) is 0 Å². The second-order valence-corrected chi connectivity index (χ2v) is 5.46. The first-order valence-corrected chi connectivity index (χ1v) is 7.01. The number of aromatic nitrogens is 2. The van der Waals surface area contributed by atoms with E-state index >= 15 is 0 Å². The molecule has 0 radical (unpaired) electrons. The van der Waals surface area contributed by atoms with Gasteiger partial charge in [0.25, 0.3) is 0 Å². The first-order valence-electron chi connectivity index (χ1n) is 7.01. The van der Waals surface area contributed by atoms with Crippen LogP contribution in [0.1, 0.15) is 30.3 Å². The van der Waals surface area contributed by atoms with Crippen LogP contribution in [-0.2, 0) is 0 Å². The Morgan fingerprint density at radius 1 is 1.40 bits per heavy atom. The van der Waals surface area contributed by atoms with Crippen molar-refractivity contribution in [2.75, 3.05) is 32.1 Å². The molecule has 0 aliphatic carbocycles. The van der Waals surface area contributed by atoms with E-state index in [1.807, 2.05) is 37.3 Å². The first kappa shape index (κ1) is 12.9. The van der Waals surface area contributed by atoms with Gasteiger partial charge in [0, 0.05) is 26.2 Å². The van der Waals surface area contributed by atoms with Crippen LogP contribution in [0.4, 0.5) is 5.69 Å². The molecule has 1 aliphatic heterocycles. The highest BCUT2D eigenvalue weighted by Gasteiger charge is 2.23. The minimum absolute atomic E-state index is 0.434. The highest BCUT2D eigenvalue weighted by atomic mass is 15.1. The van der Waals surface area contributed by atoms with Gasteiger partial charge < -0.3 is 14.6 Å². The number of anilines is 1. The van der Waals surface area contributed by atoms with Gasteiger partial charge in [0.05, 0.1) is 5.69 Å². The molecule has 0 atom stereocenters. The fourth-order valence-electron chi connectivity index (χ4n) is 2.95. The molecule has 1 fully saturated rings. The second-order valence-electron chi connectivity index (χ2n) is 5.46. The first-order chi connectivity index (χ1) is 9.72. The van der Waals surface area contributed by atoms with Gasteiger partial charge >= 0.3 is 0 Å². The SMILES string of the molecule is CN(C)c1cccn2c(C3CCNCC3)nc(C#N)c12. The minimum Gasteiger partial charge on any atom is -0.376 e. The standard InChI is InChI=1S/C15H19N5/c1-19(2)13-4-3-9-20-14(13)12(10-16)18-15(20)11-5-7-17-8-6-11/h3-4,9,11,17H,5-8H2,1-2H3. The van der Waals surface area contributed by atoms with Crippen molar-refractivity contribution in [1.82, 2.24) is 14.7 Å². The van der Waals surface area contributed by atoms with E-state index in [0.29, 0.717) is 11.6 Å². The average Bonchev–Trinajstić information content (AvgIpc) is 2.86. The number of pyridine rings is 1. The van der Waals surface area contributed by atoms with Gasteiger partial charge in [0.1, 0.15) is 17.4 Å². The Hall–Kier alpha value is -2.06. The number of rotatable bonds is 2. The van der Waals surface area contributed by atoms with Gasteiger partial charge in [-0.05, 0) is 38.1 Å². The van der Waals surface area contributed by atoms with Crippen LogP contribution in [0.2, 0.25) is 0 Å². The molecule has 104 valence electrons. The molecule has 2 aromatic heterocycles. The van der Waals surface area contributed by atoms with Crippen molar-refractivity contribution in [3.8, 4) is 6.07 Å². The third-order valence-corrected chi connectivity index (χ3v) is 3.96. The molecular weight excluding hydrogens is 250 g/mol. The molecule has 0 saturated carbocycles. The molecule has 0 bridgehead atoms. The Morgan fingerprint density at radius 3 is 2.80 bits per heavy atom. The van der Waals surface area contributed by atoms with Crippen LogP contribution in [0, 0.1) is 11.3 Å². The molecule has 3 rings (SSSR count). The third kappa shape index (κ3) is 2.02. The van der Waals surface area contributed by atoms with Gasteiger partial charge in [-0.2, -0.15) is 5.26 Å². The van der Waals surface area contributed by atoms with Crippen molar-refractivity contribution in [3.05, 3.63) is 29.8 Å². The van der Waals surface area contributed by atoms with Crippen molar-refractivity contribution in [3.63, 3.8) is 0 Å². The maximum atomic E-state index is 9.40. The Labute approximate surface area is 118 Å². The molecule has 5 heteroatoms. The zero-order valence-corrected chi connectivity index (χ0v) is 11.9. The minimum atomic E-state index is 0.434. The summed E-state index contributed by atoms with van der Waals surface area (Å²) in [5, 5.41) is 12.8. The number of nitrogens with zero attached hydrogens (tertiary/aromatic N) is 4. The van der Waals surface area contributed by atoms with E-state index in [9.17, 15) is 5.26 Å². The molecule has 1 N–H and O–H groups in total. The lowest BCUT2D eigenvalue weighted by molar-refractivity contribution is 0.444. The predicted octanol–water partition coefficient (Wildman–Crippen LogP) is 1.74. The Kier molecular flexibility index (Phi) is 3.33. The summed E-state index contributed by atoms with van der Waals surface area (Å²) in [5.74, 6) is 1.46. The second kappa shape index (κ2) is 5.14. The molecule has 2 aromatic rings. The van der Waals surface area contributed by atoms with E-state index in [1.54, 1.807) is 0 Å². The Balaban J connectivity index is 2.19. The van der Waals surface area contributed by atoms with Gasteiger partial charge in [-0.1, -0.05) is 0 Å². The summed E-state index contributed by atoms with van der Waals surface area (Å²) < 4.78 is 2.10. The number of nitrogens with one attached hydrogen (secondary N) is 1. The van der Waals surface area contributed by atoms with Crippen molar-refractivity contribution in [1.29, 1.82) is 5.26 Å². The molecule has 20 heavy (non-hydrogen) atoms. The van der Waals surface area contributed by atoms with E-state index < -0.39 is 0 Å². The average molecular weight is 269 g/mol. The number of fused-ring (bicyclic) bond motifs is 1. The maximum absolute atomic E-state index is 9.40. The number of imidazole rings is 1. The third-order valence-electron chi connectivity index (χ3n) is 3.96. The zero-order chi connectivity index (χ0) is 14.1. The van der Waals surface area contributed by atoms with Gasteiger partial charge in [-0.3, -0.25) is 0 Å². The van der Waals surface area contributed by atoms with Crippen molar-refractivity contribution in [2.24, 2.45) is 0 Å². The molecule has 1 saturated heterocycles. The molecular formula is C15H19N5. The number of hydrogen-bond acceptors (Lipinski definition) is 4. The molecule has 1 aliphatic rings. The number of nitriles is 1. The number of piperidine rings is 1. The van der Waals surface area contributed by atoms with Gasteiger partial charge in [0.15, 0.2) is 5.69 Å². The molecule has 0 aromatic carbocycles. The largest absolute Gasteiger partial charge is 0.376 e. The van der Waals surface area contributed by atoms with Crippen molar-refractivity contribution >= 4 is 11.2 Å². The van der Waals surface area contributed by atoms with Crippen LogP contribution >= 0.6 is 0 Å². The highest BCUT2D eigenvalue weighted by Crippen LogP contribution is 2.30. The summed E-state index contributed by atoms with van der Waals surface area (Å²) in [6, 6.07) is 6.31. The van der Waals surface area contributed by atoms with Crippen LogP contribution in [0.3, 0.4) is 0 Å². The quantitative estimate of drug-likeness (QED) is 0.902. The summed E-state index contributed by atoms with van der Waals surface area (Å²) >= 11 is 0. The lowest BCUT2D eigenvalue weighted by atomic mass is 9.97. The van der Waals surface area contributed by atoms with Crippen LogP contribution in [0.25, 0.3) is 5.52 Å². The topological polar surface area (TPSA) is 56.4 Å². The molecule has 0 spiro atoms.